The van der Waals surface area contributed by atoms with Gasteiger partial charge in [-0.1, -0.05) is 35.9 Å². The van der Waals surface area contributed by atoms with Crippen molar-refractivity contribution in [2.45, 2.75) is 19.3 Å². The number of hydrogen-bond donors (Lipinski definition) is 0. The van der Waals surface area contributed by atoms with E-state index in [0.29, 0.717) is 22.9 Å². The first-order valence-corrected chi connectivity index (χ1v) is 9.75. The Morgan fingerprint density at radius 1 is 1.10 bits per heavy atom. The number of carbonyl (C=O) groups excluding carboxylic acids is 2. The molecular weight excluding hydrogens is 392 g/mol. The summed E-state index contributed by atoms with van der Waals surface area (Å²) >= 11 is 6.41. The van der Waals surface area contributed by atoms with Gasteiger partial charge in [-0.25, -0.2) is 0 Å². The SMILES string of the molecule is CCOC(=O)[C@H]1C(=O)C=C(c2ccc(OC)c(OC)c2)C[C@@H]1c1ccccc1Cl. The summed E-state index contributed by atoms with van der Waals surface area (Å²) in [5.74, 6) is -0.970. The number of ether oxygens (including phenoxy) is 3. The molecule has 0 aliphatic heterocycles. The lowest BCUT2D eigenvalue weighted by atomic mass is 9.73. The molecule has 0 saturated heterocycles. The van der Waals surface area contributed by atoms with Gasteiger partial charge < -0.3 is 14.2 Å². The molecule has 2 aromatic rings. The molecule has 1 aliphatic rings. The highest BCUT2D eigenvalue weighted by molar-refractivity contribution is 6.31. The molecule has 5 nitrogen and oxygen atoms in total. The van der Waals surface area contributed by atoms with Crippen LogP contribution in [0.25, 0.3) is 5.57 Å². The van der Waals surface area contributed by atoms with Crippen LogP contribution in [0.3, 0.4) is 0 Å². The maximum atomic E-state index is 13.0. The van der Waals surface area contributed by atoms with Gasteiger partial charge in [-0.2, -0.15) is 0 Å². The Morgan fingerprint density at radius 2 is 1.83 bits per heavy atom. The van der Waals surface area contributed by atoms with Gasteiger partial charge >= 0.3 is 5.97 Å². The second-order valence-electron chi connectivity index (χ2n) is 6.70. The van der Waals surface area contributed by atoms with E-state index < -0.39 is 17.8 Å². The van der Waals surface area contributed by atoms with Crippen LogP contribution < -0.4 is 9.47 Å². The van der Waals surface area contributed by atoms with Crippen molar-refractivity contribution in [1.29, 1.82) is 0 Å². The Hall–Kier alpha value is -2.79. The Bertz CT molecular complexity index is 950. The average Bonchev–Trinajstić information content (AvgIpc) is 2.73. The number of ketones is 1. The summed E-state index contributed by atoms with van der Waals surface area (Å²) in [6.07, 6.45) is 1.99. The van der Waals surface area contributed by atoms with Crippen molar-refractivity contribution in [2.75, 3.05) is 20.8 Å². The van der Waals surface area contributed by atoms with Crippen molar-refractivity contribution >= 4 is 28.9 Å². The van der Waals surface area contributed by atoms with Crippen LogP contribution in [0.5, 0.6) is 11.5 Å². The van der Waals surface area contributed by atoms with E-state index in [4.69, 9.17) is 25.8 Å². The summed E-state index contributed by atoms with van der Waals surface area (Å²) in [7, 11) is 3.13. The van der Waals surface area contributed by atoms with E-state index in [9.17, 15) is 9.59 Å². The highest BCUT2D eigenvalue weighted by atomic mass is 35.5. The van der Waals surface area contributed by atoms with Crippen molar-refractivity contribution in [3.63, 3.8) is 0 Å². The lowest BCUT2D eigenvalue weighted by molar-refractivity contribution is -0.151. The average molecular weight is 415 g/mol. The molecular formula is C23H23ClO5. The third-order valence-corrected chi connectivity index (χ3v) is 5.41. The van der Waals surface area contributed by atoms with E-state index in [-0.39, 0.29) is 12.4 Å². The molecule has 3 rings (SSSR count). The smallest absolute Gasteiger partial charge is 0.317 e. The molecule has 0 spiro atoms. The van der Waals surface area contributed by atoms with E-state index in [0.717, 1.165) is 16.7 Å². The van der Waals surface area contributed by atoms with Crippen LogP contribution in [0.1, 0.15) is 30.4 Å². The highest BCUT2D eigenvalue weighted by Crippen LogP contribution is 2.43. The van der Waals surface area contributed by atoms with Crippen molar-refractivity contribution in [1.82, 2.24) is 0 Å². The van der Waals surface area contributed by atoms with Gasteiger partial charge in [0.1, 0.15) is 5.92 Å². The molecule has 0 heterocycles. The van der Waals surface area contributed by atoms with Gasteiger partial charge in [-0.15, -0.1) is 0 Å². The lowest BCUT2D eigenvalue weighted by Crippen LogP contribution is -2.34. The lowest BCUT2D eigenvalue weighted by Gasteiger charge is -2.30. The Kier molecular flexibility index (Phi) is 6.60. The maximum absolute atomic E-state index is 13.0. The fraction of sp³-hybridized carbons (Fsp3) is 0.304. The molecule has 0 saturated carbocycles. The predicted octanol–water partition coefficient (Wildman–Crippen LogP) is 4.68. The molecule has 0 radical (unpaired) electrons. The molecule has 0 bridgehead atoms. The molecule has 0 aromatic heterocycles. The van der Waals surface area contributed by atoms with Crippen LogP contribution >= 0.6 is 11.6 Å². The zero-order valence-electron chi connectivity index (χ0n) is 16.6. The van der Waals surface area contributed by atoms with E-state index in [2.05, 4.69) is 0 Å². The number of carbonyl (C=O) groups is 2. The van der Waals surface area contributed by atoms with Crippen LogP contribution in [0, 0.1) is 5.92 Å². The fourth-order valence-corrected chi connectivity index (χ4v) is 3.96. The molecule has 6 heteroatoms. The van der Waals surface area contributed by atoms with E-state index in [1.165, 1.54) is 6.08 Å². The van der Waals surface area contributed by atoms with Gasteiger partial charge in [0.2, 0.25) is 0 Å². The normalized spacial score (nSPS) is 18.8. The van der Waals surface area contributed by atoms with Crippen LogP contribution in [0.4, 0.5) is 0 Å². The number of rotatable bonds is 6. The quantitative estimate of drug-likeness (QED) is 0.507. The monoisotopic (exact) mass is 414 g/mol. The Morgan fingerprint density at radius 3 is 2.48 bits per heavy atom. The fourth-order valence-electron chi connectivity index (χ4n) is 3.69. The number of allylic oxidation sites excluding steroid dienone is 2. The number of benzene rings is 2. The van der Waals surface area contributed by atoms with Gasteiger partial charge in [0, 0.05) is 10.9 Å². The first-order chi connectivity index (χ1) is 14.0. The Labute approximate surface area is 175 Å². The predicted molar refractivity (Wildman–Crippen MR) is 111 cm³/mol. The number of esters is 1. The highest BCUT2D eigenvalue weighted by Gasteiger charge is 2.40. The second-order valence-corrected chi connectivity index (χ2v) is 7.11. The minimum Gasteiger partial charge on any atom is -0.493 e. The number of methoxy groups -OCH3 is 2. The third-order valence-electron chi connectivity index (χ3n) is 5.06. The van der Waals surface area contributed by atoms with Gasteiger partial charge in [0.15, 0.2) is 17.3 Å². The minimum atomic E-state index is -0.918. The summed E-state index contributed by atoms with van der Waals surface area (Å²) in [4.78, 5) is 25.6. The zero-order valence-corrected chi connectivity index (χ0v) is 17.4. The molecule has 0 unspecified atom stereocenters. The largest absolute Gasteiger partial charge is 0.493 e. The molecule has 2 aromatic carbocycles. The van der Waals surface area contributed by atoms with Crippen molar-refractivity contribution in [2.24, 2.45) is 5.92 Å². The van der Waals surface area contributed by atoms with Crippen LogP contribution in [-0.4, -0.2) is 32.6 Å². The van der Waals surface area contributed by atoms with E-state index >= 15 is 0 Å². The molecule has 0 fully saturated rings. The van der Waals surface area contributed by atoms with Gasteiger partial charge in [0.05, 0.1) is 20.8 Å². The molecule has 2 atom stereocenters. The van der Waals surface area contributed by atoms with Crippen LogP contribution in [-0.2, 0) is 14.3 Å². The van der Waals surface area contributed by atoms with Gasteiger partial charge in [0.25, 0.3) is 0 Å². The molecule has 0 N–H and O–H groups in total. The zero-order chi connectivity index (χ0) is 21.0. The summed E-state index contributed by atoms with van der Waals surface area (Å²) < 4.78 is 15.9. The third kappa shape index (κ3) is 4.30. The summed E-state index contributed by atoms with van der Waals surface area (Å²) in [6.45, 7) is 1.94. The van der Waals surface area contributed by atoms with E-state index in [1.807, 2.05) is 30.3 Å². The van der Waals surface area contributed by atoms with Crippen LogP contribution in [0.2, 0.25) is 5.02 Å². The van der Waals surface area contributed by atoms with Gasteiger partial charge in [-0.05, 0) is 54.3 Å². The molecule has 29 heavy (non-hydrogen) atoms. The minimum absolute atomic E-state index is 0.212. The molecule has 0 amide bonds. The molecule has 152 valence electrons. The number of hydrogen-bond acceptors (Lipinski definition) is 5. The topological polar surface area (TPSA) is 61.8 Å². The van der Waals surface area contributed by atoms with Crippen molar-refractivity contribution in [3.8, 4) is 11.5 Å². The standard InChI is InChI=1S/C23H23ClO5/c1-4-29-23(26)22-17(16-7-5-6-8-18(16)24)11-15(12-19(22)25)14-9-10-20(27-2)21(13-14)28-3/h5-10,12-13,17,22H,4,11H2,1-3H3/t17-,22-/m1/s1. The maximum Gasteiger partial charge on any atom is 0.317 e. The number of halogens is 1. The first kappa shape index (κ1) is 20.9. The first-order valence-electron chi connectivity index (χ1n) is 9.38. The van der Waals surface area contributed by atoms with Crippen molar-refractivity contribution in [3.05, 3.63) is 64.7 Å². The summed E-state index contributed by atoms with van der Waals surface area (Å²) in [5.41, 5.74) is 2.39. The summed E-state index contributed by atoms with van der Waals surface area (Å²) in [6, 6.07) is 12.8. The summed E-state index contributed by atoms with van der Waals surface area (Å²) in [5, 5.41) is 0.521. The second kappa shape index (κ2) is 9.14. The van der Waals surface area contributed by atoms with Crippen molar-refractivity contribution < 1.29 is 23.8 Å². The van der Waals surface area contributed by atoms with E-state index in [1.54, 1.807) is 33.3 Å². The Balaban J connectivity index is 2.06. The van der Waals surface area contributed by atoms with Gasteiger partial charge in [-0.3, -0.25) is 9.59 Å². The van der Waals surface area contributed by atoms with Crippen LogP contribution in [0.15, 0.2) is 48.5 Å². The molecule has 1 aliphatic carbocycles.